The van der Waals surface area contributed by atoms with Gasteiger partial charge in [-0.3, -0.25) is 4.79 Å². The molecule has 148 valence electrons. The molecule has 0 fully saturated rings. The van der Waals surface area contributed by atoms with Gasteiger partial charge in [-0.1, -0.05) is 18.2 Å². The van der Waals surface area contributed by atoms with Crippen LogP contribution in [0.3, 0.4) is 0 Å². The van der Waals surface area contributed by atoms with E-state index < -0.39 is 11.5 Å². The fraction of sp³-hybridized carbons (Fsp3) is 0.0833. The summed E-state index contributed by atoms with van der Waals surface area (Å²) in [5.41, 5.74) is 3.48. The summed E-state index contributed by atoms with van der Waals surface area (Å²) in [6.45, 7) is 3.86. The number of aryl methyl sites for hydroxylation is 2. The lowest BCUT2D eigenvalue weighted by atomic mass is 10.0. The first kappa shape index (κ1) is 18.0. The standard InChI is InChI=1S/C24H17NO5/c1-13-10-14(2)22-16(11-13)17(12-20(26)30-22)23-21(15-6-3-4-7-18(15)29-23)25-24(27)19-8-5-9-28-19/h3-12H,1-2H3,(H,25,27). The smallest absolute Gasteiger partial charge is 0.336 e. The molecular weight excluding hydrogens is 382 g/mol. The highest BCUT2D eigenvalue weighted by Crippen LogP contribution is 2.41. The summed E-state index contributed by atoms with van der Waals surface area (Å²) in [5, 5.41) is 4.35. The highest BCUT2D eigenvalue weighted by atomic mass is 16.4. The van der Waals surface area contributed by atoms with E-state index >= 15 is 0 Å². The molecule has 0 saturated heterocycles. The second-order valence-corrected chi connectivity index (χ2v) is 7.17. The number of hydrogen-bond donors (Lipinski definition) is 1. The Morgan fingerprint density at radius 2 is 1.77 bits per heavy atom. The molecule has 6 nitrogen and oxygen atoms in total. The number of nitrogens with one attached hydrogen (secondary N) is 1. The number of furan rings is 2. The minimum Gasteiger partial charge on any atom is -0.459 e. The number of rotatable bonds is 3. The molecule has 0 aliphatic rings. The van der Waals surface area contributed by atoms with E-state index in [-0.39, 0.29) is 5.76 Å². The Bertz CT molecular complexity index is 1470. The van der Waals surface area contributed by atoms with Crippen molar-refractivity contribution < 1.29 is 18.0 Å². The second kappa shape index (κ2) is 6.77. The van der Waals surface area contributed by atoms with Gasteiger partial charge in [-0.05, 0) is 55.3 Å². The lowest BCUT2D eigenvalue weighted by molar-refractivity contribution is 0.0996. The van der Waals surface area contributed by atoms with Crippen LogP contribution in [0.25, 0.3) is 33.3 Å². The van der Waals surface area contributed by atoms with Crippen molar-refractivity contribution in [1.29, 1.82) is 0 Å². The average molecular weight is 399 g/mol. The summed E-state index contributed by atoms with van der Waals surface area (Å²) in [6.07, 6.45) is 1.44. The van der Waals surface area contributed by atoms with Gasteiger partial charge in [0.25, 0.3) is 5.91 Å². The van der Waals surface area contributed by atoms with E-state index in [0.29, 0.717) is 28.2 Å². The Morgan fingerprint density at radius 1 is 0.933 bits per heavy atom. The van der Waals surface area contributed by atoms with Gasteiger partial charge in [0.1, 0.15) is 11.2 Å². The van der Waals surface area contributed by atoms with Crippen LogP contribution < -0.4 is 10.9 Å². The van der Waals surface area contributed by atoms with E-state index in [1.54, 1.807) is 12.1 Å². The number of carbonyl (C=O) groups excluding carboxylic acids is 1. The summed E-state index contributed by atoms with van der Waals surface area (Å²) in [5.74, 6) is 0.154. The van der Waals surface area contributed by atoms with Crippen molar-refractivity contribution in [2.24, 2.45) is 0 Å². The number of hydrogen-bond acceptors (Lipinski definition) is 5. The van der Waals surface area contributed by atoms with Crippen LogP contribution in [0.5, 0.6) is 0 Å². The predicted octanol–water partition coefficient (Wildman–Crippen LogP) is 5.67. The number of benzene rings is 2. The molecule has 0 aliphatic heterocycles. The van der Waals surface area contributed by atoms with Crippen LogP contribution in [0.4, 0.5) is 5.69 Å². The van der Waals surface area contributed by atoms with Crippen molar-refractivity contribution in [2.45, 2.75) is 13.8 Å². The van der Waals surface area contributed by atoms with E-state index in [4.69, 9.17) is 13.3 Å². The quantitative estimate of drug-likeness (QED) is 0.395. The lowest BCUT2D eigenvalue weighted by Crippen LogP contribution is -2.11. The Kier molecular flexibility index (Phi) is 4.06. The molecule has 0 saturated carbocycles. The van der Waals surface area contributed by atoms with Crippen LogP contribution in [-0.2, 0) is 0 Å². The minimum atomic E-state index is -0.492. The Hall–Kier alpha value is -4.06. The van der Waals surface area contributed by atoms with Gasteiger partial charge in [0.2, 0.25) is 0 Å². The Labute approximate surface area is 170 Å². The van der Waals surface area contributed by atoms with Gasteiger partial charge in [-0.15, -0.1) is 0 Å². The molecule has 0 bridgehead atoms. The summed E-state index contributed by atoms with van der Waals surface area (Å²) in [6, 6.07) is 15.9. The molecule has 5 rings (SSSR count). The maximum absolute atomic E-state index is 12.7. The van der Waals surface area contributed by atoms with Crippen LogP contribution in [0.2, 0.25) is 0 Å². The van der Waals surface area contributed by atoms with Gasteiger partial charge < -0.3 is 18.6 Å². The van der Waals surface area contributed by atoms with Gasteiger partial charge in [0.05, 0.1) is 12.0 Å². The van der Waals surface area contributed by atoms with E-state index in [1.807, 2.05) is 50.2 Å². The first-order chi connectivity index (χ1) is 14.5. The monoisotopic (exact) mass is 399 g/mol. The van der Waals surface area contributed by atoms with Crippen LogP contribution in [0.1, 0.15) is 21.7 Å². The summed E-state index contributed by atoms with van der Waals surface area (Å²) >= 11 is 0. The predicted molar refractivity (Wildman–Crippen MR) is 114 cm³/mol. The minimum absolute atomic E-state index is 0.176. The molecule has 30 heavy (non-hydrogen) atoms. The van der Waals surface area contributed by atoms with Gasteiger partial charge in [0.15, 0.2) is 11.5 Å². The molecule has 0 spiro atoms. The lowest BCUT2D eigenvalue weighted by Gasteiger charge is -2.09. The zero-order valence-electron chi connectivity index (χ0n) is 16.3. The number of fused-ring (bicyclic) bond motifs is 2. The molecule has 1 amide bonds. The van der Waals surface area contributed by atoms with E-state index in [2.05, 4.69) is 5.32 Å². The zero-order valence-corrected chi connectivity index (χ0v) is 16.3. The topological polar surface area (TPSA) is 85.6 Å². The molecule has 2 aromatic carbocycles. The van der Waals surface area contributed by atoms with Crippen LogP contribution in [-0.4, -0.2) is 5.91 Å². The van der Waals surface area contributed by atoms with E-state index in [9.17, 15) is 9.59 Å². The molecule has 0 aliphatic carbocycles. The van der Waals surface area contributed by atoms with Gasteiger partial charge >= 0.3 is 5.63 Å². The summed E-state index contributed by atoms with van der Waals surface area (Å²) in [4.78, 5) is 25.1. The molecule has 0 radical (unpaired) electrons. The number of para-hydroxylation sites is 1. The third-order valence-corrected chi connectivity index (χ3v) is 5.00. The van der Waals surface area contributed by atoms with Crippen LogP contribution in [0, 0.1) is 13.8 Å². The third-order valence-electron chi connectivity index (χ3n) is 5.00. The highest BCUT2D eigenvalue weighted by Gasteiger charge is 2.22. The second-order valence-electron chi connectivity index (χ2n) is 7.17. The molecule has 3 heterocycles. The van der Waals surface area contributed by atoms with Crippen molar-refractivity contribution in [3.63, 3.8) is 0 Å². The number of amides is 1. The number of anilines is 1. The molecule has 0 unspecified atom stereocenters. The first-order valence-corrected chi connectivity index (χ1v) is 9.43. The molecular formula is C24H17NO5. The third kappa shape index (κ3) is 2.90. The zero-order chi connectivity index (χ0) is 20.8. The maximum Gasteiger partial charge on any atom is 0.336 e. The number of carbonyl (C=O) groups is 1. The Balaban J connectivity index is 1.80. The fourth-order valence-electron chi connectivity index (χ4n) is 3.75. The van der Waals surface area contributed by atoms with Crippen molar-refractivity contribution in [3.05, 3.63) is 88.2 Å². The van der Waals surface area contributed by atoms with E-state index in [0.717, 1.165) is 21.9 Å². The van der Waals surface area contributed by atoms with Gasteiger partial charge in [-0.2, -0.15) is 0 Å². The maximum atomic E-state index is 12.7. The van der Waals surface area contributed by atoms with Crippen LogP contribution >= 0.6 is 0 Å². The normalized spacial score (nSPS) is 11.3. The van der Waals surface area contributed by atoms with E-state index in [1.165, 1.54) is 12.3 Å². The molecule has 1 N–H and O–H groups in total. The van der Waals surface area contributed by atoms with Gasteiger partial charge in [-0.25, -0.2) is 4.79 Å². The van der Waals surface area contributed by atoms with Gasteiger partial charge in [0, 0.05) is 22.4 Å². The van der Waals surface area contributed by atoms with Crippen molar-refractivity contribution >= 4 is 33.5 Å². The van der Waals surface area contributed by atoms with Crippen molar-refractivity contribution in [3.8, 4) is 11.3 Å². The molecule has 0 atom stereocenters. The average Bonchev–Trinajstić information content (AvgIpc) is 3.37. The first-order valence-electron chi connectivity index (χ1n) is 9.43. The van der Waals surface area contributed by atoms with Crippen molar-refractivity contribution in [1.82, 2.24) is 0 Å². The Morgan fingerprint density at radius 3 is 2.57 bits per heavy atom. The van der Waals surface area contributed by atoms with Crippen LogP contribution in [0.15, 0.2) is 78.9 Å². The van der Waals surface area contributed by atoms with Crippen molar-refractivity contribution in [2.75, 3.05) is 5.32 Å². The largest absolute Gasteiger partial charge is 0.459 e. The molecule has 3 aromatic heterocycles. The summed E-state index contributed by atoms with van der Waals surface area (Å²) < 4.78 is 16.8. The summed E-state index contributed by atoms with van der Waals surface area (Å²) in [7, 11) is 0. The highest BCUT2D eigenvalue weighted by molar-refractivity contribution is 6.12. The fourth-order valence-corrected chi connectivity index (χ4v) is 3.75. The SMILES string of the molecule is Cc1cc(C)c2oc(=O)cc(-c3oc4ccccc4c3NC(=O)c3ccco3)c2c1. The molecule has 5 aromatic rings. The molecule has 6 heteroatoms.